The van der Waals surface area contributed by atoms with Gasteiger partial charge in [-0.2, -0.15) is 0 Å². The van der Waals surface area contributed by atoms with E-state index in [4.69, 9.17) is 9.47 Å². The van der Waals surface area contributed by atoms with Gasteiger partial charge in [0.25, 0.3) is 5.91 Å². The summed E-state index contributed by atoms with van der Waals surface area (Å²) in [6, 6.07) is 8.71. The summed E-state index contributed by atoms with van der Waals surface area (Å²) in [5, 5.41) is 2.66. The third-order valence-electron chi connectivity index (χ3n) is 2.64. The highest BCUT2D eigenvalue weighted by Gasteiger charge is 2.15. The number of hydrogen-bond acceptors (Lipinski definition) is 5. The second-order valence-corrected chi connectivity index (χ2v) is 7.51. The van der Waals surface area contributed by atoms with Crippen LogP contribution < -0.4 is 10.1 Å². The lowest BCUT2D eigenvalue weighted by Gasteiger charge is -2.11. The van der Waals surface area contributed by atoms with Gasteiger partial charge < -0.3 is 14.8 Å². The Labute approximate surface area is 154 Å². The van der Waals surface area contributed by atoms with Crippen LogP contribution in [0.5, 0.6) is 5.75 Å². The lowest BCUT2D eigenvalue weighted by Crippen LogP contribution is -2.21. The average Bonchev–Trinajstić information content (AvgIpc) is 2.87. The second kappa shape index (κ2) is 8.47. The molecule has 0 saturated carbocycles. The van der Waals surface area contributed by atoms with E-state index in [-0.39, 0.29) is 6.61 Å². The third-order valence-corrected chi connectivity index (χ3v) is 5.88. The van der Waals surface area contributed by atoms with E-state index in [1.807, 2.05) is 13.0 Å². The summed E-state index contributed by atoms with van der Waals surface area (Å²) in [5.41, 5.74) is 0.539. The maximum absolute atomic E-state index is 11.9. The Morgan fingerprint density at radius 1 is 1.26 bits per heavy atom. The fourth-order valence-electron chi connectivity index (χ4n) is 1.69. The summed E-state index contributed by atoms with van der Waals surface area (Å²) in [6.45, 7) is 1.98. The van der Waals surface area contributed by atoms with Gasteiger partial charge in [0, 0.05) is 4.47 Å². The number of carbonyl (C=O) groups excluding carboxylic acids is 2. The topological polar surface area (TPSA) is 64.6 Å². The minimum absolute atomic E-state index is 0.369. The van der Waals surface area contributed by atoms with Crippen LogP contribution in [0.4, 0.5) is 5.69 Å². The molecule has 1 heterocycles. The monoisotopic (exact) mass is 461 g/mol. The van der Waals surface area contributed by atoms with Crippen molar-refractivity contribution in [1.82, 2.24) is 0 Å². The maximum Gasteiger partial charge on any atom is 0.348 e. The van der Waals surface area contributed by atoms with Crippen LogP contribution in [0.15, 0.2) is 38.6 Å². The van der Waals surface area contributed by atoms with E-state index < -0.39 is 11.9 Å². The summed E-state index contributed by atoms with van der Waals surface area (Å²) >= 11 is 7.83. The van der Waals surface area contributed by atoms with Gasteiger partial charge >= 0.3 is 5.97 Å². The highest BCUT2D eigenvalue weighted by Crippen LogP contribution is 2.32. The van der Waals surface area contributed by atoms with Crippen LogP contribution in [-0.4, -0.2) is 25.1 Å². The lowest BCUT2D eigenvalue weighted by atomic mass is 10.3. The first-order valence-corrected chi connectivity index (χ1v) is 9.05. The molecule has 2 aromatic rings. The van der Waals surface area contributed by atoms with Gasteiger partial charge in [-0.05, 0) is 57.0 Å². The lowest BCUT2D eigenvalue weighted by molar-refractivity contribution is -0.119. The predicted molar refractivity (Wildman–Crippen MR) is 96.2 cm³/mol. The van der Waals surface area contributed by atoms with Gasteiger partial charge in [-0.3, -0.25) is 4.79 Å². The molecule has 0 unspecified atom stereocenters. The molecule has 1 aromatic heterocycles. The molecule has 0 bridgehead atoms. The van der Waals surface area contributed by atoms with Gasteiger partial charge in [0.15, 0.2) is 6.61 Å². The number of nitrogens with one attached hydrogen (secondary N) is 1. The third kappa shape index (κ3) is 5.05. The molecule has 0 aliphatic rings. The minimum Gasteiger partial charge on any atom is -0.492 e. The van der Waals surface area contributed by atoms with Crippen LogP contribution in [0.25, 0.3) is 0 Å². The van der Waals surface area contributed by atoms with Gasteiger partial charge in [-0.1, -0.05) is 12.1 Å². The first kappa shape index (κ1) is 18.0. The van der Waals surface area contributed by atoms with E-state index in [0.717, 1.165) is 8.26 Å². The number of amides is 1. The van der Waals surface area contributed by atoms with Crippen LogP contribution in [0.1, 0.15) is 16.6 Å². The molecule has 122 valence electrons. The summed E-state index contributed by atoms with van der Waals surface area (Å²) in [6.07, 6.45) is 0. The first-order chi connectivity index (χ1) is 11.0. The Morgan fingerprint density at radius 3 is 2.65 bits per heavy atom. The number of esters is 1. The van der Waals surface area contributed by atoms with Gasteiger partial charge in [-0.15, -0.1) is 11.3 Å². The highest BCUT2D eigenvalue weighted by atomic mass is 79.9. The zero-order valence-electron chi connectivity index (χ0n) is 12.1. The fraction of sp³-hybridized carbons (Fsp3) is 0.200. The molecule has 0 atom stereocenters. The molecule has 23 heavy (non-hydrogen) atoms. The largest absolute Gasteiger partial charge is 0.492 e. The number of anilines is 1. The van der Waals surface area contributed by atoms with Crippen molar-refractivity contribution in [2.75, 3.05) is 18.5 Å². The van der Waals surface area contributed by atoms with Crippen molar-refractivity contribution in [3.8, 4) is 5.75 Å². The van der Waals surface area contributed by atoms with E-state index in [2.05, 4.69) is 37.2 Å². The van der Waals surface area contributed by atoms with Gasteiger partial charge in [-0.25, -0.2) is 4.79 Å². The Balaban J connectivity index is 1.91. The number of para-hydroxylation sites is 2. The standard InChI is InChI=1S/C15H13Br2NO4S/c1-2-21-11-6-4-3-5-10(11)18-13(19)8-22-15(20)12-7-9(16)14(17)23-12/h3-7H,2,8H2,1H3,(H,18,19). The van der Waals surface area contributed by atoms with E-state index in [9.17, 15) is 9.59 Å². The number of carbonyl (C=O) groups is 2. The molecule has 2 rings (SSSR count). The maximum atomic E-state index is 11.9. The molecule has 0 fully saturated rings. The van der Waals surface area contributed by atoms with Crippen LogP contribution >= 0.6 is 43.2 Å². The molecule has 0 aliphatic heterocycles. The zero-order chi connectivity index (χ0) is 16.8. The molecule has 1 amide bonds. The number of hydrogen-bond donors (Lipinski definition) is 1. The smallest absolute Gasteiger partial charge is 0.348 e. The van der Waals surface area contributed by atoms with Crippen molar-refractivity contribution in [3.05, 3.63) is 43.5 Å². The highest BCUT2D eigenvalue weighted by molar-refractivity contribution is 9.13. The summed E-state index contributed by atoms with van der Waals surface area (Å²) in [4.78, 5) is 24.2. The van der Waals surface area contributed by atoms with Crippen molar-refractivity contribution in [2.24, 2.45) is 0 Å². The molecule has 0 aliphatic carbocycles. The van der Waals surface area contributed by atoms with Crippen LogP contribution in [-0.2, 0) is 9.53 Å². The molecule has 5 nitrogen and oxygen atoms in total. The van der Waals surface area contributed by atoms with E-state index in [1.54, 1.807) is 24.3 Å². The predicted octanol–water partition coefficient (Wildman–Crippen LogP) is 4.47. The molecule has 0 spiro atoms. The Morgan fingerprint density at radius 2 is 2.00 bits per heavy atom. The molecule has 0 saturated heterocycles. The van der Waals surface area contributed by atoms with Crippen molar-refractivity contribution in [3.63, 3.8) is 0 Å². The normalized spacial score (nSPS) is 10.2. The summed E-state index contributed by atoms with van der Waals surface area (Å²) < 4.78 is 12.0. The number of rotatable bonds is 6. The van der Waals surface area contributed by atoms with Crippen molar-refractivity contribution < 1.29 is 19.1 Å². The van der Waals surface area contributed by atoms with Gasteiger partial charge in [0.1, 0.15) is 10.6 Å². The molecular weight excluding hydrogens is 450 g/mol. The van der Waals surface area contributed by atoms with Gasteiger partial charge in [0.2, 0.25) is 0 Å². The average molecular weight is 463 g/mol. The van der Waals surface area contributed by atoms with Gasteiger partial charge in [0.05, 0.1) is 16.1 Å². The van der Waals surface area contributed by atoms with Crippen molar-refractivity contribution in [2.45, 2.75) is 6.92 Å². The number of ether oxygens (including phenoxy) is 2. The first-order valence-electron chi connectivity index (χ1n) is 6.65. The Hall–Kier alpha value is -1.38. The van der Waals surface area contributed by atoms with E-state index in [0.29, 0.717) is 22.9 Å². The zero-order valence-corrected chi connectivity index (χ0v) is 16.1. The molecule has 1 N–H and O–H groups in total. The number of halogens is 2. The summed E-state index contributed by atoms with van der Waals surface area (Å²) in [7, 11) is 0. The Bertz CT molecular complexity index is 698. The van der Waals surface area contributed by atoms with E-state index in [1.165, 1.54) is 11.3 Å². The molecule has 8 heteroatoms. The SMILES string of the molecule is CCOc1ccccc1NC(=O)COC(=O)c1cc(Br)c(Br)s1. The van der Waals surface area contributed by atoms with Crippen LogP contribution in [0.3, 0.4) is 0 Å². The molecule has 1 aromatic carbocycles. The minimum atomic E-state index is -0.547. The van der Waals surface area contributed by atoms with Crippen molar-refractivity contribution >= 4 is 60.8 Å². The molecule has 0 radical (unpaired) electrons. The van der Waals surface area contributed by atoms with E-state index >= 15 is 0 Å². The second-order valence-electron chi connectivity index (χ2n) is 4.29. The fourth-order valence-corrected chi connectivity index (χ4v) is 3.62. The van der Waals surface area contributed by atoms with Crippen LogP contribution in [0.2, 0.25) is 0 Å². The quantitative estimate of drug-likeness (QED) is 0.643. The summed E-state index contributed by atoms with van der Waals surface area (Å²) in [5.74, 6) is -0.407. The van der Waals surface area contributed by atoms with Crippen molar-refractivity contribution in [1.29, 1.82) is 0 Å². The van der Waals surface area contributed by atoms with Crippen LogP contribution in [0, 0.1) is 0 Å². The Kier molecular flexibility index (Phi) is 6.61. The number of benzene rings is 1. The number of thiophene rings is 1. The molecular formula is C15H13Br2NO4S.